The van der Waals surface area contributed by atoms with Crippen molar-refractivity contribution in [3.63, 3.8) is 0 Å². The molecule has 14 heavy (non-hydrogen) atoms. The lowest BCUT2D eigenvalue weighted by Gasteiger charge is -2.12. The fourth-order valence-corrected chi connectivity index (χ4v) is 1.64. The third-order valence-corrected chi connectivity index (χ3v) is 2.52. The molecule has 0 aliphatic carbocycles. The highest BCUT2D eigenvalue weighted by molar-refractivity contribution is 9.10. The van der Waals surface area contributed by atoms with Crippen molar-refractivity contribution in [3.05, 3.63) is 34.1 Å². The van der Waals surface area contributed by atoms with E-state index in [-0.39, 0.29) is 18.5 Å². The molecule has 1 atom stereocenters. The van der Waals surface area contributed by atoms with Crippen LogP contribution in [-0.4, -0.2) is 11.7 Å². The summed E-state index contributed by atoms with van der Waals surface area (Å²) >= 11 is 3.26. The lowest BCUT2D eigenvalue weighted by atomic mass is 10.0. The standard InChI is InChI=1S/C10H13BrFNO/c11-7-3-4-9(12)8(6-7)10(13)2-1-5-14/h3-4,6,10,14H,1-2,5,13H2/t10-/m0/s1. The van der Waals surface area contributed by atoms with Crippen LogP contribution >= 0.6 is 15.9 Å². The van der Waals surface area contributed by atoms with Crippen LogP contribution in [0.4, 0.5) is 4.39 Å². The average Bonchev–Trinajstić information content (AvgIpc) is 2.18. The van der Waals surface area contributed by atoms with Gasteiger partial charge in [0.25, 0.3) is 0 Å². The molecule has 0 aliphatic heterocycles. The lowest BCUT2D eigenvalue weighted by Crippen LogP contribution is -2.12. The van der Waals surface area contributed by atoms with E-state index < -0.39 is 0 Å². The minimum absolute atomic E-state index is 0.0866. The summed E-state index contributed by atoms with van der Waals surface area (Å²) in [7, 11) is 0. The molecule has 1 aromatic carbocycles. The quantitative estimate of drug-likeness (QED) is 0.874. The second-order valence-corrected chi connectivity index (χ2v) is 4.05. The van der Waals surface area contributed by atoms with E-state index in [0.717, 1.165) is 4.47 Å². The largest absolute Gasteiger partial charge is 0.396 e. The summed E-state index contributed by atoms with van der Waals surface area (Å²) in [6.45, 7) is 0.0866. The number of hydrogen-bond acceptors (Lipinski definition) is 2. The van der Waals surface area contributed by atoms with E-state index in [4.69, 9.17) is 10.8 Å². The van der Waals surface area contributed by atoms with Crippen molar-refractivity contribution in [3.8, 4) is 0 Å². The van der Waals surface area contributed by atoms with Crippen molar-refractivity contribution in [2.75, 3.05) is 6.61 Å². The predicted octanol–water partition coefficient (Wildman–Crippen LogP) is 2.36. The van der Waals surface area contributed by atoms with Gasteiger partial charge in [0.15, 0.2) is 0 Å². The van der Waals surface area contributed by atoms with E-state index in [9.17, 15) is 4.39 Å². The summed E-state index contributed by atoms with van der Waals surface area (Å²) in [5, 5.41) is 8.63. The van der Waals surface area contributed by atoms with E-state index in [1.807, 2.05) is 0 Å². The van der Waals surface area contributed by atoms with Crippen LogP contribution in [0.2, 0.25) is 0 Å². The van der Waals surface area contributed by atoms with E-state index in [0.29, 0.717) is 18.4 Å². The van der Waals surface area contributed by atoms with Crippen molar-refractivity contribution in [1.29, 1.82) is 0 Å². The molecule has 0 unspecified atom stereocenters. The Balaban J connectivity index is 2.77. The van der Waals surface area contributed by atoms with Gasteiger partial charge in [-0.1, -0.05) is 15.9 Å². The summed E-state index contributed by atoms with van der Waals surface area (Å²) in [6, 6.07) is 4.35. The summed E-state index contributed by atoms with van der Waals surface area (Å²) in [5.74, 6) is -0.293. The Morgan fingerprint density at radius 2 is 2.21 bits per heavy atom. The van der Waals surface area contributed by atoms with Gasteiger partial charge in [-0.15, -0.1) is 0 Å². The topological polar surface area (TPSA) is 46.2 Å². The molecule has 0 aromatic heterocycles. The van der Waals surface area contributed by atoms with Crippen molar-refractivity contribution < 1.29 is 9.50 Å². The van der Waals surface area contributed by atoms with Crippen LogP contribution in [0, 0.1) is 5.82 Å². The molecule has 78 valence electrons. The molecule has 4 heteroatoms. The summed E-state index contributed by atoms with van der Waals surface area (Å²) in [6.07, 6.45) is 1.18. The number of halogens is 2. The molecule has 0 bridgehead atoms. The smallest absolute Gasteiger partial charge is 0.128 e. The van der Waals surface area contributed by atoms with Crippen LogP contribution in [-0.2, 0) is 0 Å². The maximum absolute atomic E-state index is 13.3. The number of hydrogen-bond donors (Lipinski definition) is 2. The molecule has 2 nitrogen and oxygen atoms in total. The van der Waals surface area contributed by atoms with Crippen LogP contribution in [0.3, 0.4) is 0 Å². The SMILES string of the molecule is N[C@@H](CCCO)c1cc(Br)ccc1F. The summed E-state index contributed by atoms with van der Waals surface area (Å²) < 4.78 is 14.1. The Hall–Kier alpha value is -0.450. The highest BCUT2D eigenvalue weighted by atomic mass is 79.9. The third-order valence-electron chi connectivity index (χ3n) is 2.03. The fourth-order valence-electron chi connectivity index (χ4n) is 1.27. The maximum Gasteiger partial charge on any atom is 0.128 e. The zero-order valence-electron chi connectivity index (χ0n) is 7.71. The van der Waals surface area contributed by atoms with Crippen molar-refractivity contribution in [1.82, 2.24) is 0 Å². The number of nitrogens with two attached hydrogens (primary N) is 1. The number of rotatable bonds is 4. The van der Waals surface area contributed by atoms with Crippen LogP contribution in [0.25, 0.3) is 0 Å². The molecular formula is C10H13BrFNO. The Kier molecular flexibility index (Phi) is 4.51. The van der Waals surface area contributed by atoms with Crippen molar-refractivity contribution >= 4 is 15.9 Å². The van der Waals surface area contributed by atoms with Gasteiger partial charge in [0, 0.05) is 22.7 Å². The first-order valence-electron chi connectivity index (χ1n) is 4.46. The average molecular weight is 262 g/mol. The fraction of sp³-hybridized carbons (Fsp3) is 0.400. The van der Waals surface area contributed by atoms with Crippen LogP contribution in [0.1, 0.15) is 24.4 Å². The van der Waals surface area contributed by atoms with E-state index in [1.54, 1.807) is 12.1 Å². The molecular weight excluding hydrogens is 249 g/mol. The van der Waals surface area contributed by atoms with Crippen molar-refractivity contribution in [2.24, 2.45) is 5.73 Å². The van der Waals surface area contributed by atoms with Gasteiger partial charge in [-0.3, -0.25) is 0 Å². The van der Waals surface area contributed by atoms with Crippen LogP contribution in [0.15, 0.2) is 22.7 Å². The third kappa shape index (κ3) is 3.04. The van der Waals surface area contributed by atoms with Gasteiger partial charge in [-0.05, 0) is 31.0 Å². The highest BCUT2D eigenvalue weighted by Gasteiger charge is 2.11. The maximum atomic E-state index is 13.3. The minimum Gasteiger partial charge on any atom is -0.396 e. The first kappa shape index (κ1) is 11.6. The van der Waals surface area contributed by atoms with Gasteiger partial charge >= 0.3 is 0 Å². The Morgan fingerprint density at radius 1 is 1.50 bits per heavy atom. The highest BCUT2D eigenvalue weighted by Crippen LogP contribution is 2.22. The van der Waals surface area contributed by atoms with Gasteiger partial charge < -0.3 is 10.8 Å². The summed E-state index contributed by atoms with van der Waals surface area (Å²) in [4.78, 5) is 0. The lowest BCUT2D eigenvalue weighted by molar-refractivity contribution is 0.279. The Labute approximate surface area is 91.1 Å². The molecule has 0 fully saturated rings. The zero-order valence-corrected chi connectivity index (χ0v) is 9.30. The molecule has 0 heterocycles. The van der Waals surface area contributed by atoms with E-state index >= 15 is 0 Å². The van der Waals surface area contributed by atoms with E-state index in [1.165, 1.54) is 6.07 Å². The minimum atomic E-state index is -0.348. The van der Waals surface area contributed by atoms with Gasteiger partial charge in [-0.2, -0.15) is 0 Å². The molecule has 3 N–H and O–H groups in total. The molecule has 1 aromatic rings. The molecule has 0 aliphatic rings. The molecule has 0 saturated carbocycles. The number of aliphatic hydroxyl groups excluding tert-OH is 1. The van der Waals surface area contributed by atoms with Gasteiger partial charge in [0.05, 0.1) is 0 Å². The first-order valence-corrected chi connectivity index (χ1v) is 5.26. The normalized spacial score (nSPS) is 12.9. The second kappa shape index (κ2) is 5.44. The summed E-state index contributed by atoms with van der Waals surface area (Å²) in [5.41, 5.74) is 6.27. The molecule has 0 saturated heterocycles. The van der Waals surface area contributed by atoms with Crippen molar-refractivity contribution in [2.45, 2.75) is 18.9 Å². The van der Waals surface area contributed by atoms with Gasteiger partial charge in [-0.25, -0.2) is 4.39 Å². The molecule has 0 amide bonds. The second-order valence-electron chi connectivity index (χ2n) is 3.14. The first-order chi connectivity index (χ1) is 6.65. The van der Waals surface area contributed by atoms with E-state index in [2.05, 4.69) is 15.9 Å². The molecule has 0 radical (unpaired) electrons. The van der Waals surface area contributed by atoms with Crippen LogP contribution < -0.4 is 5.73 Å². The van der Waals surface area contributed by atoms with Gasteiger partial charge in [0.2, 0.25) is 0 Å². The number of aliphatic hydroxyl groups is 1. The predicted molar refractivity (Wildman–Crippen MR) is 57.3 cm³/mol. The van der Waals surface area contributed by atoms with Crippen LogP contribution in [0.5, 0.6) is 0 Å². The number of benzene rings is 1. The Morgan fingerprint density at radius 3 is 2.86 bits per heavy atom. The molecule has 1 rings (SSSR count). The monoisotopic (exact) mass is 261 g/mol. The molecule has 0 spiro atoms. The van der Waals surface area contributed by atoms with Gasteiger partial charge in [0.1, 0.15) is 5.82 Å². The zero-order chi connectivity index (χ0) is 10.6. The Bertz CT molecular complexity index is 306.